The van der Waals surface area contributed by atoms with Gasteiger partial charge in [-0.3, -0.25) is 0 Å². The lowest BCUT2D eigenvalue weighted by atomic mass is 10.1. The van der Waals surface area contributed by atoms with E-state index < -0.39 is 11.9 Å². The monoisotopic (exact) mass is 214 g/mol. The number of aliphatic hydroxyl groups excluding tert-OH is 1. The molecule has 1 atom stereocenters. The van der Waals surface area contributed by atoms with E-state index in [-0.39, 0.29) is 5.56 Å². The maximum absolute atomic E-state index is 13.3. The van der Waals surface area contributed by atoms with Crippen LogP contribution in [-0.2, 0) is 4.74 Å². The standard InChI is InChI=1S/C11H15FO3/c1-8(13)11-9(12)4-3-5-10(11)15-7-6-14-2/h3-5,8,13H,6-7H2,1-2H3/t8-/m1/s1. The minimum absolute atomic E-state index is 0.189. The summed E-state index contributed by atoms with van der Waals surface area (Å²) in [5.74, 6) is -0.0954. The Morgan fingerprint density at radius 1 is 1.40 bits per heavy atom. The molecule has 0 saturated carbocycles. The van der Waals surface area contributed by atoms with Crippen molar-refractivity contribution in [1.29, 1.82) is 0 Å². The van der Waals surface area contributed by atoms with E-state index in [9.17, 15) is 9.50 Å². The van der Waals surface area contributed by atoms with Crippen molar-refractivity contribution in [2.75, 3.05) is 20.3 Å². The van der Waals surface area contributed by atoms with Gasteiger partial charge >= 0.3 is 0 Å². The van der Waals surface area contributed by atoms with Gasteiger partial charge in [-0.1, -0.05) is 6.07 Å². The topological polar surface area (TPSA) is 38.7 Å². The Kier molecular flexibility index (Phi) is 4.52. The molecule has 3 nitrogen and oxygen atoms in total. The Morgan fingerprint density at radius 2 is 2.13 bits per heavy atom. The van der Waals surface area contributed by atoms with Gasteiger partial charge in [-0.2, -0.15) is 0 Å². The van der Waals surface area contributed by atoms with Gasteiger partial charge in [0.15, 0.2) is 0 Å². The molecule has 0 heterocycles. The van der Waals surface area contributed by atoms with Crippen molar-refractivity contribution in [2.24, 2.45) is 0 Å². The SMILES string of the molecule is COCCOc1cccc(F)c1[C@@H](C)O. The van der Waals surface area contributed by atoms with Crippen LogP contribution in [0.5, 0.6) is 5.75 Å². The van der Waals surface area contributed by atoms with Gasteiger partial charge in [0.2, 0.25) is 0 Å². The number of rotatable bonds is 5. The van der Waals surface area contributed by atoms with Gasteiger partial charge in [-0.15, -0.1) is 0 Å². The molecule has 0 amide bonds. The van der Waals surface area contributed by atoms with Crippen molar-refractivity contribution in [1.82, 2.24) is 0 Å². The van der Waals surface area contributed by atoms with Gasteiger partial charge < -0.3 is 14.6 Å². The first-order valence-electron chi connectivity index (χ1n) is 4.75. The number of hydrogen-bond donors (Lipinski definition) is 1. The predicted molar refractivity (Wildman–Crippen MR) is 54.4 cm³/mol. The van der Waals surface area contributed by atoms with Crippen LogP contribution in [0.4, 0.5) is 4.39 Å². The molecule has 15 heavy (non-hydrogen) atoms. The molecule has 1 rings (SSSR count). The lowest BCUT2D eigenvalue weighted by molar-refractivity contribution is 0.140. The van der Waals surface area contributed by atoms with Gasteiger partial charge in [0.25, 0.3) is 0 Å². The van der Waals surface area contributed by atoms with Gasteiger partial charge in [-0.05, 0) is 19.1 Å². The molecule has 0 fully saturated rings. The third-order valence-corrected chi connectivity index (χ3v) is 1.98. The third-order valence-electron chi connectivity index (χ3n) is 1.98. The van der Waals surface area contributed by atoms with Crippen LogP contribution in [0, 0.1) is 5.82 Å². The highest BCUT2D eigenvalue weighted by atomic mass is 19.1. The molecule has 0 aliphatic heterocycles. The van der Waals surface area contributed by atoms with Gasteiger partial charge in [-0.25, -0.2) is 4.39 Å². The quantitative estimate of drug-likeness (QED) is 0.761. The Hall–Kier alpha value is -1.13. The van der Waals surface area contributed by atoms with Crippen molar-refractivity contribution >= 4 is 0 Å². The molecule has 0 unspecified atom stereocenters. The molecule has 0 bridgehead atoms. The van der Waals surface area contributed by atoms with Crippen molar-refractivity contribution in [3.05, 3.63) is 29.6 Å². The predicted octanol–water partition coefficient (Wildman–Crippen LogP) is 1.90. The third kappa shape index (κ3) is 3.18. The number of halogens is 1. The number of benzene rings is 1. The van der Waals surface area contributed by atoms with Crippen LogP contribution in [0.15, 0.2) is 18.2 Å². The Morgan fingerprint density at radius 3 is 2.73 bits per heavy atom. The van der Waals surface area contributed by atoms with E-state index in [1.807, 2.05) is 0 Å². The van der Waals surface area contributed by atoms with Crippen molar-refractivity contribution in [3.8, 4) is 5.75 Å². The van der Waals surface area contributed by atoms with Gasteiger partial charge in [0.1, 0.15) is 18.2 Å². The highest BCUT2D eigenvalue weighted by Gasteiger charge is 2.14. The summed E-state index contributed by atoms with van der Waals surface area (Å²) in [4.78, 5) is 0. The summed E-state index contributed by atoms with van der Waals surface area (Å²) in [7, 11) is 1.56. The first-order valence-corrected chi connectivity index (χ1v) is 4.75. The van der Waals surface area contributed by atoms with Gasteiger partial charge in [0, 0.05) is 7.11 Å². The summed E-state index contributed by atoms with van der Waals surface area (Å²) < 4.78 is 23.4. The first-order chi connectivity index (χ1) is 7.16. The maximum atomic E-state index is 13.3. The van der Waals surface area contributed by atoms with Crippen molar-refractivity contribution in [3.63, 3.8) is 0 Å². The zero-order chi connectivity index (χ0) is 11.3. The number of ether oxygens (including phenoxy) is 2. The minimum atomic E-state index is -0.885. The minimum Gasteiger partial charge on any atom is -0.491 e. The summed E-state index contributed by atoms with van der Waals surface area (Å²) >= 11 is 0. The summed E-state index contributed by atoms with van der Waals surface area (Å²) in [6.07, 6.45) is -0.885. The summed E-state index contributed by atoms with van der Waals surface area (Å²) in [6, 6.07) is 4.47. The molecule has 0 radical (unpaired) electrons. The summed E-state index contributed by atoms with van der Waals surface area (Å²) in [5, 5.41) is 9.39. The van der Waals surface area contributed by atoms with Crippen LogP contribution in [0.1, 0.15) is 18.6 Å². The zero-order valence-corrected chi connectivity index (χ0v) is 8.87. The maximum Gasteiger partial charge on any atom is 0.132 e. The van der Waals surface area contributed by atoms with E-state index in [1.54, 1.807) is 19.2 Å². The molecule has 1 aromatic rings. The fourth-order valence-corrected chi connectivity index (χ4v) is 1.28. The zero-order valence-electron chi connectivity index (χ0n) is 8.87. The molecule has 0 aliphatic carbocycles. The second kappa shape index (κ2) is 5.68. The molecule has 0 spiro atoms. The Labute approximate surface area is 88.4 Å². The fourth-order valence-electron chi connectivity index (χ4n) is 1.28. The van der Waals surface area contributed by atoms with E-state index in [4.69, 9.17) is 9.47 Å². The van der Waals surface area contributed by atoms with E-state index in [0.717, 1.165) is 0 Å². The molecule has 0 aromatic heterocycles. The molecular weight excluding hydrogens is 199 g/mol. The van der Waals surface area contributed by atoms with E-state index in [1.165, 1.54) is 13.0 Å². The Balaban J connectivity index is 2.81. The van der Waals surface area contributed by atoms with Crippen LogP contribution in [0.3, 0.4) is 0 Å². The summed E-state index contributed by atoms with van der Waals surface area (Å²) in [6.45, 7) is 2.26. The van der Waals surface area contributed by atoms with Crippen LogP contribution in [0.2, 0.25) is 0 Å². The number of aliphatic hydroxyl groups is 1. The fraction of sp³-hybridized carbons (Fsp3) is 0.455. The van der Waals surface area contributed by atoms with E-state index in [0.29, 0.717) is 19.0 Å². The van der Waals surface area contributed by atoms with Crippen LogP contribution >= 0.6 is 0 Å². The lowest BCUT2D eigenvalue weighted by Gasteiger charge is -2.13. The molecule has 1 N–H and O–H groups in total. The van der Waals surface area contributed by atoms with Crippen molar-refractivity contribution in [2.45, 2.75) is 13.0 Å². The Bertz CT molecular complexity index is 313. The molecule has 4 heteroatoms. The lowest BCUT2D eigenvalue weighted by Crippen LogP contribution is -2.08. The molecule has 0 aliphatic rings. The molecule has 84 valence electrons. The number of methoxy groups -OCH3 is 1. The van der Waals surface area contributed by atoms with E-state index in [2.05, 4.69) is 0 Å². The summed E-state index contributed by atoms with van der Waals surface area (Å²) in [5.41, 5.74) is 0.189. The molecular formula is C11H15FO3. The second-order valence-electron chi connectivity index (χ2n) is 3.17. The van der Waals surface area contributed by atoms with Crippen molar-refractivity contribution < 1.29 is 19.0 Å². The number of hydrogen-bond acceptors (Lipinski definition) is 3. The highest BCUT2D eigenvalue weighted by molar-refractivity contribution is 5.36. The highest BCUT2D eigenvalue weighted by Crippen LogP contribution is 2.27. The smallest absolute Gasteiger partial charge is 0.132 e. The van der Waals surface area contributed by atoms with Crippen LogP contribution in [-0.4, -0.2) is 25.4 Å². The van der Waals surface area contributed by atoms with Crippen LogP contribution < -0.4 is 4.74 Å². The van der Waals surface area contributed by atoms with E-state index >= 15 is 0 Å². The molecule has 1 aromatic carbocycles. The largest absolute Gasteiger partial charge is 0.491 e. The first kappa shape index (κ1) is 11.9. The van der Waals surface area contributed by atoms with Gasteiger partial charge in [0.05, 0.1) is 18.3 Å². The van der Waals surface area contributed by atoms with Crippen LogP contribution in [0.25, 0.3) is 0 Å². The normalized spacial score (nSPS) is 12.5. The second-order valence-corrected chi connectivity index (χ2v) is 3.17. The average Bonchev–Trinajstić information content (AvgIpc) is 2.17. The molecule has 0 saturated heterocycles. The average molecular weight is 214 g/mol.